The van der Waals surface area contributed by atoms with E-state index in [2.05, 4.69) is 0 Å². The molecule has 1 amide bonds. The second-order valence-corrected chi connectivity index (χ2v) is 9.54. The lowest BCUT2D eigenvalue weighted by Crippen LogP contribution is -2.45. The van der Waals surface area contributed by atoms with Crippen LogP contribution in [0.2, 0.25) is 0 Å². The maximum Gasteiger partial charge on any atom is 0.228 e. The van der Waals surface area contributed by atoms with Crippen molar-refractivity contribution in [1.82, 2.24) is 0 Å². The predicted molar refractivity (Wildman–Crippen MR) is 136 cm³/mol. The molecule has 0 unspecified atom stereocenters. The molecule has 1 aliphatic carbocycles. The van der Waals surface area contributed by atoms with E-state index in [0.717, 1.165) is 22.4 Å². The summed E-state index contributed by atoms with van der Waals surface area (Å²) < 4.78 is 0. The molecule has 0 radical (unpaired) electrons. The van der Waals surface area contributed by atoms with E-state index in [0.29, 0.717) is 24.2 Å². The molecule has 5 rings (SSSR count). The van der Waals surface area contributed by atoms with Gasteiger partial charge in [0.1, 0.15) is 5.78 Å². The van der Waals surface area contributed by atoms with Crippen LogP contribution < -0.4 is 10.0 Å². The van der Waals surface area contributed by atoms with Crippen LogP contribution in [0, 0.1) is 12.8 Å². The Balaban J connectivity index is 1.66. The fourth-order valence-electron chi connectivity index (χ4n) is 5.38. The van der Waals surface area contributed by atoms with Gasteiger partial charge in [0.2, 0.25) is 5.91 Å². The lowest BCUT2D eigenvalue weighted by Gasteiger charge is -2.39. The number of Topliss-reactive ketones (excluding diaryl/α,β-unsaturated/α-hetero) is 1. The maximum atomic E-state index is 13.9. The van der Waals surface area contributed by atoms with E-state index >= 15 is 0 Å². The number of ketones is 1. The van der Waals surface area contributed by atoms with Crippen molar-refractivity contribution in [2.45, 2.75) is 44.6 Å². The highest BCUT2D eigenvalue weighted by molar-refractivity contribution is 6.13. The highest BCUT2D eigenvalue weighted by Gasteiger charge is 2.46. The number of carboxylic acids is 1. The van der Waals surface area contributed by atoms with Crippen LogP contribution in [0.1, 0.15) is 54.3 Å². The van der Waals surface area contributed by atoms with Crippen LogP contribution in [0.5, 0.6) is 0 Å². The number of nitrogens with zero attached hydrogens (tertiary/aromatic N) is 2. The van der Waals surface area contributed by atoms with Gasteiger partial charge in [-0.1, -0.05) is 72.3 Å². The summed E-state index contributed by atoms with van der Waals surface area (Å²) in [6.07, 6.45) is 0.355. The highest BCUT2D eigenvalue weighted by Crippen LogP contribution is 2.47. The standard InChI is InChI=1S/C30H28N2O4/c1-19-11-13-21(14-12-19)30-29-24(17-22(18-26(29)33)20-7-3-2-4-8-20)31-23-9-5-6-10-25(23)32(30)27(34)15-16-28(35)36/h2-14,22,29-30H,15-18H2,1H3,(H,35,36)/p-1/t22-,29-,30+/m0/s1. The first kappa shape index (κ1) is 23.7. The molecule has 1 aliphatic heterocycles. The average Bonchev–Trinajstić information content (AvgIpc) is 3.03. The number of amides is 1. The molecular weight excluding hydrogens is 452 g/mol. The zero-order valence-electron chi connectivity index (χ0n) is 20.1. The Kier molecular flexibility index (Phi) is 6.51. The van der Waals surface area contributed by atoms with E-state index in [-0.39, 0.29) is 30.4 Å². The Hall–Kier alpha value is -4.06. The fraction of sp³-hybridized carbons (Fsp3) is 0.267. The first-order chi connectivity index (χ1) is 17.4. The average molecular weight is 480 g/mol. The molecule has 6 heteroatoms. The summed E-state index contributed by atoms with van der Waals surface area (Å²) in [4.78, 5) is 45.3. The first-order valence-corrected chi connectivity index (χ1v) is 12.2. The van der Waals surface area contributed by atoms with Crippen LogP contribution >= 0.6 is 0 Å². The third kappa shape index (κ3) is 4.59. The van der Waals surface area contributed by atoms with E-state index in [1.54, 1.807) is 4.90 Å². The SMILES string of the molecule is Cc1ccc([C@@H]2[C@@H]3C(=O)C[C@@H](c4ccccc4)CC3=Nc3ccccc3N2C(=O)CCC(=O)[O-])cc1. The van der Waals surface area contributed by atoms with Crippen molar-refractivity contribution in [3.05, 3.63) is 95.6 Å². The lowest BCUT2D eigenvalue weighted by atomic mass is 9.72. The number of para-hydroxylation sites is 2. The number of benzene rings is 3. The summed E-state index contributed by atoms with van der Waals surface area (Å²) in [5.74, 6) is -2.22. The van der Waals surface area contributed by atoms with Crippen molar-refractivity contribution in [1.29, 1.82) is 0 Å². The number of carbonyl (C=O) groups excluding carboxylic acids is 3. The van der Waals surface area contributed by atoms with Crippen molar-refractivity contribution in [2.75, 3.05) is 4.90 Å². The quantitative estimate of drug-likeness (QED) is 0.541. The number of carboxylic acid groups (broad SMARTS) is 1. The molecule has 182 valence electrons. The van der Waals surface area contributed by atoms with E-state index in [9.17, 15) is 19.5 Å². The van der Waals surface area contributed by atoms with Gasteiger partial charge in [-0.25, -0.2) is 0 Å². The molecule has 0 saturated heterocycles. The van der Waals surface area contributed by atoms with Gasteiger partial charge in [-0.2, -0.15) is 0 Å². The number of rotatable bonds is 5. The van der Waals surface area contributed by atoms with Crippen molar-refractivity contribution in [2.24, 2.45) is 10.9 Å². The van der Waals surface area contributed by atoms with Gasteiger partial charge in [0.05, 0.1) is 23.3 Å². The van der Waals surface area contributed by atoms with Crippen LogP contribution in [0.4, 0.5) is 11.4 Å². The van der Waals surface area contributed by atoms with Gasteiger partial charge in [0, 0.05) is 24.5 Å². The molecule has 3 atom stereocenters. The maximum absolute atomic E-state index is 13.9. The molecule has 2 aliphatic rings. The number of hydrogen-bond donors (Lipinski definition) is 0. The molecule has 1 fully saturated rings. The molecule has 0 bridgehead atoms. The molecular formula is C30H27N2O4-. The highest BCUT2D eigenvalue weighted by atomic mass is 16.4. The van der Waals surface area contributed by atoms with Crippen LogP contribution in [-0.2, 0) is 14.4 Å². The monoisotopic (exact) mass is 479 g/mol. The molecule has 1 saturated carbocycles. The molecule has 36 heavy (non-hydrogen) atoms. The van der Waals surface area contributed by atoms with Gasteiger partial charge in [0.15, 0.2) is 0 Å². The van der Waals surface area contributed by atoms with Gasteiger partial charge in [-0.3, -0.25) is 14.6 Å². The zero-order chi connectivity index (χ0) is 25.2. The number of aliphatic carboxylic acids is 1. The van der Waals surface area contributed by atoms with Crippen molar-refractivity contribution < 1.29 is 19.5 Å². The molecule has 0 spiro atoms. The molecule has 0 aromatic heterocycles. The van der Waals surface area contributed by atoms with Gasteiger partial charge in [-0.05, 0) is 48.9 Å². The summed E-state index contributed by atoms with van der Waals surface area (Å²) in [6, 6.07) is 24.5. The summed E-state index contributed by atoms with van der Waals surface area (Å²) in [5.41, 5.74) is 4.93. The van der Waals surface area contributed by atoms with Crippen molar-refractivity contribution >= 4 is 34.7 Å². The fourth-order valence-corrected chi connectivity index (χ4v) is 5.38. The number of anilines is 1. The zero-order valence-corrected chi connectivity index (χ0v) is 20.1. The van der Waals surface area contributed by atoms with E-state index in [1.807, 2.05) is 85.8 Å². The Bertz CT molecular complexity index is 1330. The second kappa shape index (κ2) is 9.90. The van der Waals surface area contributed by atoms with Gasteiger partial charge < -0.3 is 14.8 Å². The van der Waals surface area contributed by atoms with Gasteiger partial charge in [-0.15, -0.1) is 0 Å². The lowest BCUT2D eigenvalue weighted by molar-refractivity contribution is -0.305. The number of fused-ring (bicyclic) bond motifs is 2. The minimum atomic E-state index is -1.28. The van der Waals surface area contributed by atoms with Crippen LogP contribution in [-0.4, -0.2) is 23.4 Å². The van der Waals surface area contributed by atoms with Crippen LogP contribution in [0.15, 0.2) is 83.9 Å². The van der Waals surface area contributed by atoms with Gasteiger partial charge in [0.25, 0.3) is 0 Å². The molecule has 0 N–H and O–H groups in total. The van der Waals surface area contributed by atoms with E-state index in [1.165, 1.54) is 0 Å². The third-order valence-electron chi connectivity index (χ3n) is 7.11. The largest absolute Gasteiger partial charge is 0.550 e. The molecule has 1 heterocycles. The van der Waals surface area contributed by atoms with E-state index in [4.69, 9.17) is 4.99 Å². The Labute approximate surface area is 210 Å². The normalized spacial score (nSPS) is 21.1. The Morgan fingerprint density at radius 1 is 0.889 bits per heavy atom. The third-order valence-corrected chi connectivity index (χ3v) is 7.11. The van der Waals surface area contributed by atoms with Crippen LogP contribution in [0.3, 0.4) is 0 Å². The Morgan fingerprint density at radius 2 is 1.58 bits per heavy atom. The van der Waals surface area contributed by atoms with E-state index < -0.39 is 17.9 Å². The molecule has 3 aromatic carbocycles. The minimum absolute atomic E-state index is 0.0138. The minimum Gasteiger partial charge on any atom is -0.550 e. The number of carbonyl (C=O) groups is 3. The number of aliphatic imine (C=N–C) groups is 1. The first-order valence-electron chi connectivity index (χ1n) is 12.2. The summed E-state index contributed by atoms with van der Waals surface area (Å²) >= 11 is 0. The smallest absolute Gasteiger partial charge is 0.228 e. The second-order valence-electron chi connectivity index (χ2n) is 9.54. The summed E-state index contributed by atoms with van der Waals surface area (Å²) in [5, 5.41) is 11.2. The molecule has 6 nitrogen and oxygen atoms in total. The number of aryl methyl sites for hydroxylation is 1. The Morgan fingerprint density at radius 3 is 2.31 bits per heavy atom. The van der Waals surface area contributed by atoms with Crippen molar-refractivity contribution in [3.63, 3.8) is 0 Å². The van der Waals surface area contributed by atoms with Crippen LogP contribution in [0.25, 0.3) is 0 Å². The van der Waals surface area contributed by atoms with Crippen molar-refractivity contribution in [3.8, 4) is 0 Å². The summed E-state index contributed by atoms with van der Waals surface area (Å²) in [7, 11) is 0. The topological polar surface area (TPSA) is 89.9 Å². The van der Waals surface area contributed by atoms with Gasteiger partial charge >= 0.3 is 0 Å². The predicted octanol–water partition coefficient (Wildman–Crippen LogP) is 4.45. The molecule has 3 aromatic rings. The summed E-state index contributed by atoms with van der Waals surface area (Å²) in [6.45, 7) is 1.98. The number of hydrogen-bond acceptors (Lipinski definition) is 5.